The quantitative estimate of drug-likeness (QED) is 0.432. The topological polar surface area (TPSA) is 79.4 Å². The number of sulfonamides is 1. The fraction of sp³-hybridized carbons (Fsp3) is 0.185. The van der Waals surface area contributed by atoms with Gasteiger partial charge in [0.2, 0.25) is 15.9 Å². The van der Waals surface area contributed by atoms with Crippen LogP contribution in [-0.2, 0) is 21.4 Å². The van der Waals surface area contributed by atoms with E-state index in [1.165, 1.54) is 16.4 Å². The zero-order valence-corrected chi connectivity index (χ0v) is 19.7. The van der Waals surface area contributed by atoms with Crippen LogP contribution in [-0.4, -0.2) is 36.2 Å². The Bertz CT molecular complexity index is 1490. The third-order valence-electron chi connectivity index (χ3n) is 6.24. The molecule has 4 aromatic rings. The number of carbonyl (C=O) groups excluding carboxylic acids is 1. The standard InChI is InChI=1S/C27H24FN3O3S/c28-23-10-12-24(13-11-23)35(33,34)31-14-4-9-26(31)27(32)30-17-19-5-3-7-20(15-19)22-16-21-6-1-2-8-25(21)29-18-22/h1-3,5-8,10-13,15-16,18,26H,4,9,14,17H2,(H,30,32). The summed E-state index contributed by atoms with van der Waals surface area (Å²) in [5, 5.41) is 3.94. The fourth-order valence-electron chi connectivity index (χ4n) is 4.43. The summed E-state index contributed by atoms with van der Waals surface area (Å²) in [6, 6.07) is 21.7. The highest BCUT2D eigenvalue weighted by atomic mass is 32.2. The Hall–Kier alpha value is -3.62. The number of amides is 1. The minimum atomic E-state index is -3.89. The maximum absolute atomic E-state index is 13.2. The molecule has 1 aliphatic heterocycles. The van der Waals surface area contributed by atoms with Gasteiger partial charge in [0.15, 0.2) is 0 Å². The van der Waals surface area contributed by atoms with Crippen LogP contribution in [0.4, 0.5) is 4.39 Å². The maximum atomic E-state index is 13.2. The molecule has 5 rings (SSSR count). The molecule has 1 aromatic heterocycles. The van der Waals surface area contributed by atoms with Crippen molar-refractivity contribution in [2.45, 2.75) is 30.3 Å². The van der Waals surface area contributed by atoms with Crippen molar-refractivity contribution in [3.05, 3.63) is 96.4 Å². The lowest BCUT2D eigenvalue weighted by atomic mass is 10.0. The van der Waals surface area contributed by atoms with Gasteiger partial charge in [0.05, 0.1) is 10.4 Å². The van der Waals surface area contributed by atoms with E-state index in [1.54, 1.807) is 0 Å². The highest BCUT2D eigenvalue weighted by Gasteiger charge is 2.39. The first-order valence-corrected chi connectivity index (χ1v) is 12.8. The van der Waals surface area contributed by atoms with Gasteiger partial charge in [-0.2, -0.15) is 4.31 Å². The normalized spacial score (nSPS) is 16.4. The molecule has 1 atom stereocenters. The molecule has 6 nitrogen and oxygen atoms in total. The molecule has 2 heterocycles. The molecule has 0 bridgehead atoms. The first kappa shape index (κ1) is 23.1. The number of hydrogen-bond acceptors (Lipinski definition) is 4. The monoisotopic (exact) mass is 489 g/mol. The second-order valence-electron chi connectivity index (χ2n) is 8.56. The first-order chi connectivity index (χ1) is 16.9. The van der Waals surface area contributed by atoms with E-state index in [4.69, 9.17) is 0 Å². The number of nitrogens with zero attached hydrogens (tertiary/aromatic N) is 2. The van der Waals surface area contributed by atoms with Gasteiger partial charge in [-0.15, -0.1) is 0 Å². The fourth-order valence-corrected chi connectivity index (χ4v) is 6.09. The van der Waals surface area contributed by atoms with Crippen molar-refractivity contribution in [3.63, 3.8) is 0 Å². The number of aromatic nitrogens is 1. The van der Waals surface area contributed by atoms with Gasteiger partial charge in [0.25, 0.3) is 0 Å². The minimum Gasteiger partial charge on any atom is -0.351 e. The number of nitrogens with one attached hydrogen (secondary N) is 1. The van der Waals surface area contributed by atoms with Gasteiger partial charge >= 0.3 is 0 Å². The lowest BCUT2D eigenvalue weighted by Crippen LogP contribution is -2.45. The second kappa shape index (κ2) is 9.56. The molecule has 0 saturated carbocycles. The van der Waals surface area contributed by atoms with Gasteiger partial charge in [-0.1, -0.05) is 36.4 Å². The van der Waals surface area contributed by atoms with E-state index < -0.39 is 21.9 Å². The molecule has 3 aromatic carbocycles. The molecule has 1 unspecified atom stereocenters. The van der Waals surface area contributed by atoms with Gasteiger partial charge in [0, 0.05) is 30.2 Å². The summed E-state index contributed by atoms with van der Waals surface area (Å²) in [6.07, 6.45) is 2.86. The third-order valence-corrected chi connectivity index (χ3v) is 8.17. The summed E-state index contributed by atoms with van der Waals surface area (Å²) < 4.78 is 40.6. The van der Waals surface area contributed by atoms with Gasteiger partial charge in [0.1, 0.15) is 11.9 Å². The largest absolute Gasteiger partial charge is 0.351 e. The predicted octanol–water partition coefficient (Wildman–Crippen LogP) is 4.51. The van der Waals surface area contributed by atoms with E-state index >= 15 is 0 Å². The van der Waals surface area contributed by atoms with Crippen LogP contribution in [0.2, 0.25) is 0 Å². The zero-order valence-electron chi connectivity index (χ0n) is 18.9. The van der Waals surface area contributed by atoms with Crippen LogP contribution in [0.5, 0.6) is 0 Å². The molecular formula is C27H24FN3O3S. The highest BCUT2D eigenvalue weighted by Crippen LogP contribution is 2.27. The number of benzene rings is 3. The van der Waals surface area contributed by atoms with Gasteiger partial charge in [-0.3, -0.25) is 9.78 Å². The van der Waals surface area contributed by atoms with Crippen LogP contribution in [0.15, 0.2) is 90.0 Å². The van der Waals surface area contributed by atoms with E-state index in [-0.39, 0.29) is 23.9 Å². The lowest BCUT2D eigenvalue weighted by molar-refractivity contribution is -0.124. The molecule has 0 aliphatic carbocycles. The van der Waals surface area contributed by atoms with E-state index in [1.807, 2.05) is 54.7 Å². The van der Waals surface area contributed by atoms with E-state index in [0.717, 1.165) is 39.7 Å². The van der Waals surface area contributed by atoms with Crippen molar-refractivity contribution in [2.24, 2.45) is 0 Å². The van der Waals surface area contributed by atoms with Gasteiger partial charge < -0.3 is 5.32 Å². The van der Waals surface area contributed by atoms with Gasteiger partial charge in [-0.25, -0.2) is 12.8 Å². The lowest BCUT2D eigenvalue weighted by Gasteiger charge is -2.23. The Morgan fingerprint density at radius 1 is 1.00 bits per heavy atom. The Labute approximate surface area is 203 Å². The van der Waals surface area contributed by atoms with Crippen molar-refractivity contribution in [1.29, 1.82) is 0 Å². The summed E-state index contributed by atoms with van der Waals surface area (Å²) >= 11 is 0. The molecular weight excluding hydrogens is 465 g/mol. The molecule has 1 fully saturated rings. The summed E-state index contributed by atoms with van der Waals surface area (Å²) in [4.78, 5) is 17.5. The molecule has 8 heteroatoms. The van der Waals surface area contributed by atoms with Crippen LogP contribution >= 0.6 is 0 Å². The van der Waals surface area contributed by atoms with Crippen LogP contribution in [0, 0.1) is 5.82 Å². The van der Waals surface area contributed by atoms with Crippen molar-refractivity contribution >= 4 is 26.8 Å². The highest BCUT2D eigenvalue weighted by molar-refractivity contribution is 7.89. The average molecular weight is 490 g/mol. The number of hydrogen-bond donors (Lipinski definition) is 1. The Balaban J connectivity index is 1.29. The molecule has 178 valence electrons. The zero-order chi connectivity index (χ0) is 24.4. The smallest absolute Gasteiger partial charge is 0.243 e. The number of para-hydroxylation sites is 1. The predicted molar refractivity (Wildman–Crippen MR) is 132 cm³/mol. The maximum Gasteiger partial charge on any atom is 0.243 e. The molecule has 1 saturated heterocycles. The summed E-state index contributed by atoms with van der Waals surface area (Å²) in [5.41, 5.74) is 3.78. The average Bonchev–Trinajstić information content (AvgIpc) is 3.39. The molecule has 1 amide bonds. The molecule has 0 spiro atoms. The number of rotatable bonds is 6. The summed E-state index contributed by atoms with van der Waals surface area (Å²) in [5.74, 6) is -0.854. The Kier molecular flexibility index (Phi) is 6.32. The first-order valence-electron chi connectivity index (χ1n) is 11.4. The van der Waals surface area contributed by atoms with E-state index in [0.29, 0.717) is 12.8 Å². The third kappa shape index (κ3) is 4.80. The van der Waals surface area contributed by atoms with Gasteiger partial charge in [-0.05, 0) is 66.4 Å². The molecule has 1 N–H and O–H groups in total. The van der Waals surface area contributed by atoms with Crippen molar-refractivity contribution in [1.82, 2.24) is 14.6 Å². The van der Waals surface area contributed by atoms with Crippen molar-refractivity contribution < 1.29 is 17.6 Å². The Morgan fingerprint density at radius 2 is 1.80 bits per heavy atom. The van der Waals surface area contributed by atoms with Crippen LogP contribution < -0.4 is 5.32 Å². The van der Waals surface area contributed by atoms with Crippen molar-refractivity contribution in [3.8, 4) is 11.1 Å². The van der Waals surface area contributed by atoms with Crippen molar-refractivity contribution in [2.75, 3.05) is 6.54 Å². The van der Waals surface area contributed by atoms with E-state index in [9.17, 15) is 17.6 Å². The number of halogens is 1. The summed E-state index contributed by atoms with van der Waals surface area (Å²) in [6.45, 7) is 0.525. The Morgan fingerprint density at radius 3 is 2.63 bits per heavy atom. The number of fused-ring (bicyclic) bond motifs is 1. The van der Waals surface area contributed by atoms with Crippen LogP contribution in [0.1, 0.15) is 18.4 Å². The molecule has 0 radical (unpaired) electrons. The molecule has 35 heavy (non-hydrogen) atoms. The number of carbonyl (C=O) groups is 1. The molecule has 1 aliphatic rings. The SMILES string of the molecule is O=C(NCc1cccc(-c2cnc3ccccc3c2)c1)C1CCCN1S(=O)(=O)c1ccc(F)cc1. The van der Waals surface area contributed by atoms with E-state index in [2.05, 4.69) is 16.4 Å². The van der Waals surface area contributed by atoms with Crippen LogP contribution in [0.3, 0.4) is 0 Å². The second-order valence-corrected chi connectivity index (χ2v) is 10.5. The minimum absolute atomic E-state index is 0.0182. The number of pyridine rings is 1. The van der Waals surface area contributed by atoms with Crippen LogP contribution in [0.25, 0.3) is 22.0 Å². The summed E-state index contributed by atoms with van der Waals surface area (Å²) in [7, 11) is -3.89.